The zero-order chi connectivity index (χ0) is 16.9. The molecule has 1 aliphatic heterocycles. The number of halogens is 1. The molecule has 2 aromatic carbocycles. The first-order valence-electron chi connectivity index (χ1n) is 8.13. The van der Waals surface area contributed by atoms with Crippen LogP contribution in [0.1, 0.15) is 41.7 Å². The molecule has 0 spiro atoms. The van der Waals surface area contributed by atoms with E-state index in [2.05, 4.69) is 28.2 Å². The van der Waals surface area contributed by atoms with Crippen molar-refractivity contribution in [1.82, 2.24) is 5.32 Å². The Bertz CT molecular complexity index is 715. The summed E-state index contributed by atoms with van der Waals surface area (Å²) in [5, 5.41) is 3.09. The maximum absolute atomic E-state index is 12.5. The summed E-state index contributed by atoms with van der Waals surface area (Å²) < 4.78 is 12.4. The van der Waals surface area contributed by atoms with Crippen LogP contribution in [0.4, 0.5) is 0 Å². The third-order valence-electron chi connectivity index (χ3n) is 3.99. The molecule has 3 rings (SSSR count). The first-order valence-corrected chi connectivity index (χ1v) is 8.92. The van der Waals surface area contributed by atoms with Gasteiger partial charge in [-0.25, -0.2) is 0 Å². The molecule has 1 N–H and O–H groups in total. The second-order valence-electron chi connectivity index (χ2n) is 5.70. The number of fused-ring (bicyclic) bond motifs is 1. The monoisotopic (exact) mass is 389 g/mol. The van der Waals surface area contributed by atoms with Gasteiger partial charge in [0.05, 0.1) is 19.3 Å². The first kappa shape index (κ1) is 16.8. The van der Waals surface area contributed by atoms with Gasteiger partial charge in [0, 0.05) is 16.5 Å². The molecule has 0 saturated carbocycles. The van der Waals surface area contributed by atoms with Gasteiger partial charge in [-0.3, -0.25) is 4.79 Å². The van der Waals surface area contributed by atoms with Gasteiger partial charge in [0.15, 0.2) is 11.5 Å². The highest BCUT2D eigenvalue weighted by atomic mass is 79.9. The van der Waals surface area contributed by atoms with Crippen molar-refractivity contribution in [2.45, 2.75) is 25.8 Å². The molecule has 0 aliphatic carbocycles. The fourth-order valence-corrected chi connectivity index (χ4v) is 2.92. The van der Waals surface area contributed by atoms with E-state index in [1.807, 2.05) is 30.3 Å². The van der Waals surface area contributed by atoms with Crippen LogP contribution >= 0.6 is 15.9 Å². The molecule has 1 heterocycles. The van der Waals surface area contributed by atoms with E-state index in [9.17, 15) is 4.79 Å². The molecule has 1 amide bonds. The van der Waals surface area contributed by atoms with E-state index in [1.165, 1.54) is 0 Å². The highest BCUT2D eigenvalue weighted by Gasteiger charge is 2.17. The summed E-state index contributed by atoms with van der Waals surface area (Å²) in [6.07, 6.45) is 1.67. The standard InChI is InChI=1S/C19H20BrNO3/c1-2-16(21-19(22)13-4-7-15(20)8-5-13)14-6-9-17-18(12-14)24-11-3-10-23-17/h4-9,12,16H,2-3,10-11H2,1H3,(H,21,22)/t16-/m0/s1. The molecule has 2 aromatic rings. The van der Waals surface area contributed by atoms with Crippen molar-refractivity contribution in [3.8, 4) is 11.5 Å². The smallest absolute Gasteiger partial charge is 0.251 e. The van der Waals surface area contributed by atoms with E-state index in [0.717, 1.165) is 34.4 Å². The van der Waals surface area contributed by atoms with Crippen LogP contribution in [0.15, 0.2) is 46.9 Å². The Balaban J connectivity index is 1.77. The van der Waals surface area contributed by atoms with E-state index in [4.69, 9.17) is 9.47 Å². The second kappa shape index (κ2) is 7.71. The predicted molar refractivity (Wildman–Crippen MR) is 96.7 cm³/mol. The minimum atomic E-state index is -0.0820. The zero-order valence-corrected chi connectivity index (χ0v) is 15.1. The SMILES string of the molecule is CC[C@H](NC(=O)c1ccc(Br)cc1)c1ccc2c(c1)OCCCO2. The largest absolute Gasteiger partial charge is 0.490 e. The highest BCUT2D eigenvalue weighted by Crippen LogP contribution is 2.33. The van der Waals surface area contributed by atoms with Gasteiger partial charge < -0.3 is 14.8 Å². The van der Waals surface area contributed by atoms with Crippen LogP contribution < -0.4 is 14.8 Å². The average Bonchev–Trinajstić information content (AvgIpc) is 2.84. The van der Waals surface area contributed by atoms with Crippen molar-refractivity contribution in [3.63, 3.8) is 0 Å². The maximum atomic E-state index is 12.5. The molecule has 0 unspecified atom stereocenters. The number of hydrogen-bond donors (Lipinski definition) is 1. The van der Waals surface area contributed by atoms with Gasteiger partial charge in [-0.2, -0.15) is 0 Å². The van der Waals surface area contributed by atoms with Crippen LogP contribution in [0, 0.1) is 0 Å². The predicted octanol–water partition coefficient (Wildman–Crippen LogP) is 4.49. The van der Waals surface area contributed by atoms with Crippen LogP contribution in [-0.2, 0) is 0 Å². The second-order valence-corrected chi connectivity index (χ2v) is 6.61. The van der Waals surface area contributed by atoms with Crippen molar-refractivity contribution in [2.24, 2.45) is 0 Å². The van der Waals surface area contributed by atoms with E-state index >= 15 is 0 Å². The van der Waals surface area contributed by atoms with Crippen molar-refractivity contribution >= 4 is 21.8 Å². The molecule has 24 heavy (non-hydrogen) atoms. The molecular weight excluding hydrogens is 370 g/mol. The lowest BCUT2D eigenvalue weighted by Crippen LogP contribution is -2.28. The Labute approximate surface area is 150 Å². The van der Waals surface area contributed by atoms with Gasteiger partial charge in [0.25, 0.3) is 5.91 Å². The van der Waals surface area contributed by atoms with Crippen molar-refractivity contribution in [1.29, 1.82) is 0 Å². The number of rotatable bonds is 4. The van der Waals surface area contributed by atoms with Crippen LogP contribution in [0.5, 0.6) is 11.5 Å². The van der Waals surface area contributed by atoms with Crippen molar-refractivity contribution in [2.75, 3.05) is 13.2 Å². The van der Waals surface area contributed by atoms with Gasteiger partial charge in [0.2, 0.25) is 0 Å². The van der Waals surface area contributed by atoms with E-state index in [1.54, 1.807) is 12.1 Å². The maximum Gasteiger partial charge on any atom is 0.251 e. The van der Waals surface area contributed by atoms with Gasteiger partial charge in [-0.1, -0.05) is 28.9 Å². The number of carbonyl (C=O) groups is 1. The first-order chi connectivity index (χ1) is 11.7. The summed E-state index contributed by atoms with van der Waals surface area (Å²) in [7, 11) is 0. The molecule has 4 nitrogen and oxygen atoms in total. The third kappa shape index (κ3) is 3.90. The topological polar surface area (TPSA) is 47.6 Å². The van der Waals surface area contributed by atoms with Gasteiger partial charge >= 0.3 is 0 Å². The summed E-state index contributed by atoms with van der Waals surface area (Å²) in [6.45, 7) is 3.37. The van der Waals surface area contributed by atoms with Crippen LogP contribution in [-0.4, -0.2) is 19.1 Å². The molecule has 1 aliphatic rings. The Hall–Kier alpha value is -2.01. The molecule has 0 radical (unpaired) electrons. The quantitative estimate of drug-likeness (QED) is 0.837. The fourth-order valence-electron chi connectivity index (χ4n) is 2.66. The lowest BCUT2D eigenvalue weighted by Gasteiger charge is -2.19. The number of hydrogen-bond acceptors (Lipinski definition) is 3. The number of ether oxygens (including phenoxy) is 2. The highest BCUT2D eigenvalue weighted by molar-refractivity contribution is 9.10. The van der Waals surface area contributed by atoms with E-state index in [0.29, 0.717) is 18.8 Å². The molecule has 1 atom stereocenters. The fraction of sp³-hybridized carbons (Fsp3) is 0.316. The van der Waals surface area contributed by atoms with Crippen LogP contribution in [0.2, 0.25) is 0 Å². The summed E-state index contributed by atoms with van der Waals surface area (Å²) in [5.74, 6) is 1.44. The van der Waals surface area contributed by atoms with Crippen molar-refractivity contribution in [3.05, 3.63) is 58.1 Å². The lowest BCUT2D eigenvalue weighted by atomic mass is 10.0. The normalized spacial score (nSPS) is 14.6. The van der Waals surface area contributed by atoms with Gasteiger partial charge in [-0.15, -0.1) is 0 Å². The Morgan fingerprint density at radius 2 is 1.83 bits per heavy atom. The van der Waals surface area contributed by atoms with Crippen LogP contribution in [0.3, 0.4) is 0 Å². The minimum Gasteiger partial charge on any atom is -0.490 e. The van der Waals surface area contributed by atoms with Gasteiger partial charge in [0.1, 0.15) is 0 Å². The lowest BCUT2D eigenvalue weighted by molar-refractivity contribution is 0.0935. The summed E-state index contributed by atoms with van der Waals surface area (Å²) in [6, 6.07) is 13.1. The minimum absolute atomic E-state index is 0.0710. The summed E-state index contributed by atoms with van der Waals surface area (Å²) in [5.41, 5.74) is 1.67. The van der Waals surface area contributed by atoms with Crippen molar-refractivity contribution < 1.29 is 14.3 Å². The summed E-state index contributed by atoms with van der Waals surface area (Å²) in [4.78, 5) is 12.5. The molecule has 0 aromatic heterocycles. The Morgan fingerprint density at radius 1 is 1.12 bits per heavy atom. The Morgan fingerprint density at radius 3 is 2.54 bits per heavy atom. The molecular formula is C19H20BrNO3. The molecule has 5 heteroatoms. The third-order valence-corrected chi connectivity index (χ3v) is 4.52. The van der Waals surface area contributed by atoms with Crippen LogP contribution in [0.25, 0.3) is 0 Å². The Kier molecular flexibility index (Phi) is 5.41. The molecule has 0 saturated heterocycles. The molecule has 0 bridgehead atoms. The number of benzene rings is 2. The molecule has 0 fully saturated rings. The zero-order valence-electron chi connectivity index (χ0n) is 13.5. The van der Waals surface area contributed by atoms with E-state index in [-0.39, 0.29) is 11.9 Å². The molecule has 126 valence electrons. The number of amides is 1. The average molecular weight is 390 g/mol. The summed E-state index contributed by atoms with van der Waals surface area (Å²) >= 11 is 3.38. The van der Waals surface area contributed by atoms with Gasteiger partial charge in [-0.05, 0) is 48.4 Å². The number of carbonyl (C=O) groups excluding carboxylic acids is 1. The van der Waals surface area contributed by atoms with E-state index < -0.39 is 0 Å². The number of nitrogens with one attached hydrogen (secondary N) is 1.